The molecule has 0 amide bonds. The van der Waals surface area contributed by atoms with Gasteiger partial charge in [0.1, 0.15) is 33.2 Å². The number of nitrogens with zero attached hydrogens (tertiary/aromatic N) is 6. The van der Waals surface area contributed by atoms with Crippen molar-refractivity contribution in [3.8, 4) is 35.5 Å². The van der Waals surface area contributed by atoms with Gasteiger partial charge in [-0.25, -0.2) is 0 Å². The minimum absolute atomic E-state index is 0.0914. The Bertz CT molecular complexity index is 4160. The Balaban J connectivity index is 1.33. The molecule has 432 valence electrons. The van der Waals surface area contributed by atoms with Crippen molar-refractivity contribution in [2.75, 3.05) is 0 Å². The Morgan fingerprint density at radius 2 is 0.286 bits per heavy atom. The van der Waals surface area contributed by atoms with Gasteiger partial charge in [0.2, 0.25) is 0 Å². The summed E-state index contributed by atoms with van der Waals surface area (Å²) < 4.78 is 6.11. The summed E-state index contributed by atoms with van der Waals surface area (Å²) in [5.41, 5.74) is -18.6. The van der Waals surface area contributed by atoms with Crippen molar-refractivity contribution < 1.29 is 0 Å². The lowest BCUT2D eigenvalue weighted by Gasteiger charge is -2.30. The van der Waals surface area contributed by atoms with Crippen LogP contribution in [0, 0.1) is 35.5 Å². The Morgan fingerprint density at radius 3 is 0.357 bits per heavy atom. The molecule has 18 nitrogen and oxygen atoms in total. The smallest absolute Gasteiger partial charge is 0.262 e. The average Bonchev–Trinajstić information content (AvgIpc) is 2.02. The first-order chi connectivity index (χ1) is 39.9. The minimum atomic E-state index is -1.54. The quantitative estimate of drug-likeness (QED) is 0.131. The van der Waals surface area contributed by atoms with Gasteiger partial charge >= 0.3 is 0 Å². The first-order valence-electron chi connectivity index (χ1n) is 29.4. The van der Waals surface area contributed by atoms with Crippen LogP contribution in [0.15, 0.2) is 93.9 Å². The van der Waals surface area contributed by atoms with E-state index in [1.165, 1.54) is 36.4 Å². The topological polar surface area (TPSA) is 234 Å². The molecule has 0 spiro atoms. The van der Waals surface area contributed by atoms with Crippen molar-refractivity contribution in [2.24, 2.45) is 0 Å². The van der Waals surface area contributed by atoms with Crippen LogP contribution in [-0.2, 0) is 33.2 Å². The molecule has 0 saturated heterocycles. The summed E-state index contributed by atoms with van der Waals surface area (Å²) in [5, 5.41) is -1.72. The average molecular weight is 1140 g/mol. The highest BCUT2D eigenvalue weighted by Crippen LogP contribution is 2.33. The lowest BCUT2D eigenvalue weighted by Crippen LogP contribution is -2.46. The fourth-order valence-electron chi connectivity index (χ4n) is 13.7. The Hall–Kier alpha value is -8.82. The van der Waals surface area contributed by atoms with Gasteiger partial charge in [-0.2, -0.15) is 0 Å². The predicted molar refractivity (Wildman–Crippen MR) is 329 cm³/mol. The lowest BCUT2D eigenvalue weighted by atomic mass is 9.88. The second-order valence-corrected chi connectivity index (χ2v) is 22.7. The maximum absolute atomic E-state index is 14.8. The largest absolute Gasteiger partial charge is 0.269 e. The van der Waals surface area contributed by atoms with Crippen molar-refractivity contribution >= 4 is 64.6 Å². The molecule has 0 saturated carbocycles. The molecule has 0 N–H and O–H groups in total. The number of hydrogen-bond acceptors (Lipinski definition) is 12. The molecule has 10 heterocycles. The fourth-order valence-corrected chi connectivity index (χ4v) is 13.7. The monoisotopic (exact) mass is 1130 g/mol. The summed E-state index contributed by atoms with van der Waals surface area (Å²) in [4.78, 5) is 178. The van der Waals surface area contributed by atoms with Crippen LogP contribution in [0.2, 0.25) is 0 Å². The van der Waals surface area contributed by atoms with Crippen LogP contribution in [0.25, 0.3) is 64.6 Å². The van der Waals surface area contributed by atoms with Gasteiger partial charge in [-0.15, -0.1) is 0 Å². The van der Waals surface area contributed by atoms with E-state index < -0.39 is 99.9 Å². The van der Waals surface area contributed by atoms with Crippen LogP contribution in [-0.4, -0.2) is 27.4 Å². The van der Waals surface area contributed by atoms with Crippen LogP contribution in [0.3, 0.4) is 0 Å². The van der Waals surface area contributed by atoms with Gasteiger partial charge in [-0.1, -0.05) is 119 Å². The maximum atomic E-state index is 14.8. The normalized spacial score (nSPS) is 16.9. The standard InChI is InChI=1S/C66H66N6O12/c1-13-61(14-2)25-26-62(15-3,16-4)68-51(75)41-33-43-44(34-42(41)52(68)76)56(80)70(55(43)79)65(21-9,22-10)29-30-66(23-11,24-12)72-59(83)47-35-45-46(36-48(47)60(72)84)58(82)71(57(45)81)64(19-7,20-8)28-27-63(17-5,18-6)69-53(77)39-31-37-38(32-40(39)54(69)78)50(74)67(61)49(37)73/h31-36H,13-24H2,1-12H3. The van der Waals surface area contributed by atoms with E-state index in [2.05, 4.69) is 35.5 Å². The molecule has 84 heavy (non-hydrogen) atoms. The molecule has 3 aromatic carbocycles. The molecular formula is C66H66N6O12. The van der Waals surface area contributed by atoms with Crippen molar-refractivity contribution in [1.29, 1.82) is 0 Å². The van der Waals surface area contributed by atoms with Crippen LogP contribution >= 0.6 is 0 Å². The molecule has 0 fully saturated rings. The van der Waals surface area contributed by atoms with Gasteiger partial charge in [-0.05, 0) is 113 Å². The molecule has 6 aromatic heterocycles. The third kappa shape index (κ3) is 7.32. The number of hydrogen-bond donors (Lipinski definition) is 0. The van der Waals surface area contributed by atoms with Crippen LogP contribution in [0.4, 0.5) is 0 Å². The van der Waals surface area contributed by atoms with Gasteiger partial charge in [0, 0.05) is 0 Å². The summed E-state index contributed by atoms with van der Waals surface area (Å²) >= 11 is 0. The Labute approximate surface area is 479 Å². The van der Waals surface area contributed by atoms with Crippen molar-refractivity contribution in [3.05, 3.63) is 161 Å². The van der Waals surface area contributed by atoms with E-state index in [0.29, 0.717) is 0 Å². The van der Waals surface area contributed by atoms with E-state index in [0.717, 1.165) is 27.4 Å². The summed E-state index contributed by atoms with van der Waals surface area (Å²) in [6.45, 7) is 20.8. The third-order valence-corrected chi connectivity index (χ3v) is 19.8. The molecule has 18 heteroatoms. The molecule has 0 unspecified atom stereocenters. The molecular weight excluding hydrogens is 1070 g/mol. The number of aromatic nitrogens is 6. The zero-order chi connectivity index (χ0) is 61.3. The molecule has 0 radical (unpaired) electrons. The first-order valence-corrected chi connectivity index (χ1v) is 29.4. The second kappa shape index (κ2) is 19.9. The van der Waals surface area contributed by atoms with E-state index in [-0.39, 0.29) is 142 Å². The van der Waals surface area contributed by atoms with Gasteiger partial charge in [0.25, 0.3) is 66.7 Å². The Kier molecular flexibility index (Phi) is 13.9. The maximum Gasteiger partial charge on any atom is 0.262 e. The van der Waals surface area contributed by atoms with Crippen LogP contribution in [0.5, 0.6) is 0 Å². The predicted octanol–water partition coefficient (Wildman–Crippen LogP) is 5.88. The highest BCUT2D eigenvalue weighted by atomic mass is 16.2. The zero-order valence-corrected chi connectivity index (χ0v) is 49.5. The van der Waals surface area contributed by atoms with Crippen molar-refractivity contribution in [1.82, 2.24) is 27.4 Å². The Morgan fingerprint density at radius 1 is 0.202 bits per heavy atom. The van der Waals surface area contributed by atoms with Crippen molar-refractivity contribution in [2.45, 2.75) is 193 Å². The summed E-state index contributed by atoms with van der Waals surface area (Å²) in [7, 11) is 0. The lowest BCUT2D eigenvalue weighted by molar-refractivity contribution is 0.329. The molecule has 13 rings (SSSR count). The van der Waals surface area contributed by atoms with E-state index in [1.807, 2.05) is 0 Å². The van der Waals surface area contributed by atoms with Crippen molar-refractivity contribution in [3.63, 3.8) is 0 Å². The van der Waals surface area contributed by atoms with Gasteiger partial charge in [0.15, 0.2) is 0 Å². The van der Waals surface area contributed by atoms with E-state index in [9.17, 15) is 57.5 Å². The summed E-state index contributed by atoms with van der Waals surface area (Å²) in [6, 6.07) is 7.45. The summed E-state index contributed by atoms with van der Waals surface area (Å²) in [6.07, 6.45) is 1.10. The highest BCUT2D eigenvalue weighted by Gasteiger charge is 2.41. The highest BCUT2D eigenvalue weighted by molar-refractivity contribution is 6.00. The molecule has 0 aliphatic carbocycles. The van der Waals surface area contributed by atoms with Crippen LogP contribution in [0.1, 0.15) is 160 Å². The molecule has 18 bridgehead atoms. The zero-order valence-electron chi connectivity index (χ0n) is 49.5. The summed E-state index contributed by atoms with van der Waals surface area (Å²) in [5.74, 6) is 19.2. The van der Waals surface area contributed by atoms with E-state index >= 15 is 0 Å². The van der Waals surface area contributed by atoms with Gasteiger partial charge in [0.05, 0.1) is 64.6 Å². The third-order valence-electron chi connectivity index (χ3n) is 19.8. The SMILES string of the molecule is CCC1(CC)C#CC(CC)(CC)n2c(=O)c3cc4c(=O)n(c(=O)c4cc3c2=O)C(CC)(CC)C#CC(CC)(CC)n2c(=O)c3cc4c(=O)n(c(=O)c4cc3c2=O)C(CC)(CC)C#CC(CC)(CC)n2c(=O)c3cc4c(=O)n1c(=O)c4cc3c2=O. The fraction of sp³-hybridized carbons (Fsp3) is 0.455. The van der Waals surface area contributed by atoms with Gasteiger partial charge < -0.3 is 0 Å². The molecule has 9 aromatic rings. The van der Waals surface area contributed by atoms with E-state index in [1.54, 1.807) is 83.1 Å². The van der Waals surface area contributed by atoms with Gasteiger partial charge in [-0.3, -0.25) is 84.9 Å². The molecule has 0 atom stereocenters. The number of benzene rings is 3. The molecule has 4 aliphatic heterocycles. The minimum Gasteiger partial charge on any atom is -0.269 e. The van der Waals surface area contributed by atoms with Crippen LogP contribution < -0.4 is 66.7 Å². The number of rotatable bonds is 12. The molecule has 4 aliphatic rings. The first kappa shape index (κ1) is 58.4. The second-order valence-electron chi connectivity index (χ2n) is 22.7. The van der Waals surface area contributed by atoms with E-state index in [4.69, 9.17) is 0 Å².